The normalized spacial score (nSPS) is 11.1. The number of halogens is 2. The van der Waals surface area contributed by atoms with Crippen LogP contribution in [0.5, 0.6) is 0 Å². The molecule has 3 aromatic rings. The zero-order chi connectivity index (χ0) is 21.0. The SMILES string of the molecule is Cc1ccc(S(=O)(=O)N(CC(=O)Nc2ccccc2Br)c2ccc(F)cc2)cc1. The lowest BCUT2D eigenvalue weighted by Gasteiger charge is -2.24. The Hall–Kier alpha value is -2.71. The molecule has 0 aliphatic heterocycles. The van der Waals surface area contributed by atoms with E-state index in [1.807, 2.05) is 6.92 Å². The number of hydrogen-bond acceptors (Lipinski definition) is 3. The Bertz CT molecular complexity index is 1120. The third-order valence-corrected chi connectivity index (χ3v) is 6.64. The monoisotopic (exact) mass is 476 g/mol. The van der Waals surface area contributed by atoms with Crippen LogP contribution in [-0.2, 0) is 14.8 Å². The van der Waals surface area contributed by atoms with E-state index in [1.54, 1.807) is 36.4 Å². The quantitative estimate of drug-likeness (QED) is 0.558. The van der Waals surface area contributed by atoms with Crippen molar-refractivity contribution in [3.63, 3.8) is 0 Å². The van der Waals surface area contributed by atoms with E-state index in [-0.39, 0.29) is 10.6 Å². The molecule has 0 heterocycles. The Balaban J connectivity index is 1.95. The molecule has 1 amide bonds. The van der Waals surface area contributed by atoms with Gasteiger partial charge in [-0.1, -0.05) is 29.8 Å². The molecule has 0 aliphatic rings. The summed E-state index contributed by atoms with van der Waals surface area (Å²) in [5.41, 5.74) is 1.61. The molecule has 150 valence electrons. The number of aryl methyl sites for hydroxylation is 1. The van der Waals surface area contributed by atoms with Crippen LogP contribution in [0.3, 0.4) is 0 Å². The van der Waals surface area contributed by atoms with Gasteiger partial charge in [-0.25, -0.2) is 12.8 Å². The number of amides is 1. The third kappa shape index (κ3) is 5.02. The van der Waals surface area contributed by atoms with E-state index in [1.165, 1.54) is 24.3 Å². The molecule has 29 heavy (non-hydrogen) atoms. The first-order chi connectivity index (χ1) is 13.8. The predicted molar refractivity (Wildman–Crippen MR) is 115 cm³/mol. The molecule has 5 nitrogen and oxygen atoms in total. The molecule has 0 unspecified atom stereocenters. The maximum Gasteiger partial charge on any atom is 0.264 e. The van der Waals surface area contributed by atoms with Crippen molar-refractivity contribution in [2.24, 2.45) is 0 Å². The molecule has 0 saturated heterocycles. The molecular weight excluding hydrogens is 459 g/mol. The van der Waals surface area contributed by atoms with E-state index in [4.69, 9.17) is 0 Å². The van der Waals surface area contributed by atoms with Gasteiger partial charge in [0, 0.05) is 4.47 Å². The number of rotatable bonds is 6. The van der Waals surface area contributed by atoms with Crippen molar-refractivity contribution in [2.45, 2.75) is 11.8 Å². The molecule has 8 heteroatoms. The van der Waals surface area contributed by atoms with E-state index >= 15 is 0 Å². The molecule has 3 rings (SSSR count). The lowest BCUT2D eigenvalue weighted by Crippen LogP contribution is -2.38. The number of para-hydroxylation sites is 1. The van der Waals surface area contributed by atoms with Crippen LogP contribution in [0.2, 0.25) is 0 Å². The van der Waals surface area contributed by atoms with Crippen molar-refractivity contribution < 1.29 is 17.6 Å². The van der Waals surface area contributed by atoms with Gasteiger partial charge in [-0.3, -0.25) is 9.10 Å². The molecule has 0 spiro atoms. The molecule has 1 N–H and O–H groups in total. The van der Waals surface area contributed by atoms with Gasteiger partial charge in [-0.05, 0) is 71.4 Å². The molecular formula is C21H18BrFN2O3S. The number of carbonyl (C=O) groups excluding carboxylic acids is 1. The lowest BCUT2D eigenvalue weighted by molar-refractivity contribution is -0.114. The standard InChI is InChI=1S/C21H18BrFN2O3S/c1-15-6-12-18(13-7-15)29(27,28)25(17-10-8-16(23)9-11-17)14-21(26)24-20-5-3-2-4-19(20)22/h2-13H,14H2,1H3,(H,24,26). The topological polar surface area (TPSA) is 66.5 Å². The number of carbonyl (C=O) groups is 1. The summed E-state index contributed by atoms with van der Waals surface area (Å²) in [5, 5.41) is 2.69. The van der Waals surface area contributed by atoms with Crippen LogP contribution >= 0.6 is 15.9 Å². The molecule has 0 atom stereocenters. The first-order valence-corrected chi connectivity index (χ1v) is 10.9. The van der Waals surface area contributed by atoms with Gasteiger partial charge in [-0.2, -0.15) is 0 Å². The van der Waals surface area contributed by atoms with Crippen LogP contribution in [0.15, 0.2) is 82.2 Å². The van der Waals surface area contributed by atoms with Crippen molar-refractivity contribution in [3.8, 4) is 0 Å². The van der Waals surface area contributed by atoms with Gasteiger partial charge in [-0.15, -0.1) is 0 Å². The molecule has 0 fully saturated rings. The third-order valence-electron chi connectivity index (χ3n) is 4.16. The zero-order valence-electron chi connectivity index (χ0n) is 15.5. The molecule has 3 aromatic carbocycles. The first kappa shape index (κ1) is 21.0. The number of hydrogen-bond donors (Lipinski definition) is 1. The summed E-state index contributed by atoms with van der Waals surface area (Å²) >= 11 is 3.34. The Labute approximate surface area is 177 Å². The lowest BCUT2D eigenvalue weighted by atomic mass is 10.2. The second-order valence-electron chi connectivity index (χ2n) is 6.33. The summed E-state index contributed by atoms with van der Waals surface area (Å²) in [6.45, 7) is 1.38. The van der Waals surface area contributed by atoms with Gasteiger partial charge >= 0.3 is 0 Å². The van der Waals surface area contributed by atoms with Crippen LogP contribution < -0.4 is 9.62 Å². The summed E-state index contributed by atoms with van der Waals surface area (Å²) in [5.74, 6) is -1.03. The van der Waals surface area contributed by atoms with E-state index in [0.717, 1.165) is 22.0 Å². The Morgan fingerprint density at radius 3 is 2.24 bits per heavy atom. The van der Waals surface area contributed by atoms with Crippen molar-refractivity contribution in [3.05, 3.63) is 88.6 Å². The van der Waals surface area contributed by atoms with Gasteiger partial charge in [0.25, 0.3) is 10.0 Å². The number of anilines is 2. The fourth-order valence-corrected chi connectivity index (χ4v) is 4.45. The fourth-order valence-electron chi connectivity index (χ4n) is 2.64. The van der Waals surface area contributed by atoms with Crippen LogP contribution in [0, 0.1) is 12.7 Å². The number of benzene rings is 3. The number of nitrogens with zero attached hydrogens (tertiary/aromatic N) is 1. The average Bonchev–Trinajstić information content (AvgIpc) is 2.69. The zero-order valence-corrected chi connectivity index (χ0v) is 17.9. The molecule has 0 bridgehead atoms. The maximum absolute atomic E-state index is 13.4. The van der Waals surface area contributed by atoms with Crippen LogP contribution in [0.25, 0.3) is 0 Å². The van der Waals surface area contributed by atoms with Gasteiger partial charge in [0.1, 0.15) is 12.4 Å². The molecule has 0 saturated carbocycles. The number of sulfonamides is 1. The van der Waals surface area contributed by atoms with Gasteiger partial charge < -0.3 is 5.32 Å². The van der Waals surface area contributed by atoms with E-state index in [2.05, 4.69) is 21.2 Å². The van der Waals surface area contributed by atoms with Crippen LogP contribution in [-0.4, -0.2) is 20.9 Å². The minimum atomic E-state index is -4.04. The summed E-state index contributed by atoms with van der Waals surface area (Å²) < 4.78 is 41.4. The van der Waals surface area contributed by atoms with E-state index in [0.29, 0.717) is 10.2 Å². The average molecular weight is 477 g/mol. The number of nitrogens with one attached hydrogen (secondary N) is 1. The molecule has 0 aromatic heterocycles. The molecule has 0 aliphatic carbocycles. The van der Waals surface area contributed by atoms with Gasteiger partial charge in [0.05, 0.1) is 16.3 Å². The highest BCUT2D eigenvalue weighted by Gasteiger charge is 2.27. The predicted octanol–water partition coefficient (Wildman–Crippen LogP) is 4.73. The van der Waals surface area contributed by atoms with Crippen LogP contribution in [0.4, 0.5) is 15.8 Å². The fraction of sp³-hybridized carbons (Fsp3) is 0.0952. The van der Waals surface area contributed by atoms with Crippen molar-refractivity contribution >= 4 is 43.2 Å². The molecule has 0 radical (unpaired) electrons. The highest BCUT2D eigenvalue weighted by molar-refractivity contribution is 9.10. The summed E-state index contributed by atoms with van der Waals surface area (Å²) in [6, 6.07) is 18.3. The Kier molecular flexibility index (Phi) is 6.34. The van der Waals surface area contributed by atoms with Gasteiger partial charge in [0.2, 0.25) is 5.91 Å². The second-order valence-corrected chi connectivity index (χ2v) is 9.05. The summed E-state index contributed by atoms with van der Waals surface area (Å²) in [4.78, 5) is 12.7. The highest BCUT2D eigenvalue weighted by atomic mass is 79.9. The minimum absolute atomic E-state index is 0.0427. The first-order valence-electron chi connectivity index (χ1n) is 8.67. The second kappa shape index (κ2) is 8.75. The van der Waals surface area contributed by atoms with Crippen molar-refractivity contribution in [1.82, 2.24) is 0 Å². The maximum atomic E-state index is 13.4. The smallest absolute Gasteiger partial charge is 0.264 e. The highest BCUT2D eigenvalue weighted by Crippen LogP contribution is 2.25. The van der Waals surface area contributed by atoms with Crippen molar-refractivity contribution in [1.29, 1.82) is 0 Å². The van der Waals surface area contributed by atoms with Crippen LogP contribution in [0.1, 0.15) is 5.56 Å². The van der Waals surface area contributed by atoms with Gasteiger partial charge in [0.15, 0.2) is 0 Å². The van der Waals surface area contributed by atoms with E-state index in [9.17, 15) is 17.6 Å². The Morgan fingerprint density at radius 2 is 1.62 bits per heavy atom. The largest absolute Gasteiger partial charge is 0.323 e. The van der Waals surface area contributed by atoms with Crippen molar-refractivity contribution in [2.75, 3.05) is 16.2 Å². The summed E-state index contributed by atoms with van der Waals surface area (Å²) in [6.07, 6.45) is 0. The minimum Gasteiger partial charge on any atom is -0.323 e. The Morgan fingerprint density at radius 1 is 1.00 bits per heavy atom. The van der Waals surface area contributed by atoms with E-state index < -0.39 is 28.3 Å². The summed E-state index contributed by atoms with van der Waals surface area (Å²) in [7, 11) is -4.04.